The molecule has 1 fully saturated rings. The van der Waals surface area contributed by atoms with Gasteiger partial charge in [0.2, 0.25) is 0 Å². The fourth-order valence-electron chi connectivity index (χ4n) is 6.60. The smallest absolute Gasteiger partial charge is 0.410 e. The number of aromatic nitrogens is 4. The number of hydrogen-bond acceptors (Lipinski definition) is 7. The molecule has 2 aromatic carbocycles. The molecule has 9 nitrogen and oxygen atoms in total. The highest BCUT2D eigenvalue weighted by Crippen LogP contribution is 2.43. The van der Waals surface area contributed by atoms with Crippen LogP contribution in [0.15, 0.2) is 42.7 Å². The predicted octanol–water partition coefficient (Wildman–Crippen LogP) is 10.5. The van der Waals surface area contributed by atoms with E-state index in [0.717, 1.165) is 5.39 Å². The maximum Gasteiger partial charge on any atom is 0.410 e. The largest absolute Gasteiger partial charge is 0.444 e. The van der Waals surface area contributed by atoms with Crippen molar-refractivity contribution in [3.63, 3.8) is 0 Å². The zero-order valence-corrected chi connectivity index (χ0v) is 32.8. The van der Waals surface area contributed by atoms with Gasteiger partial charge < -0.3 is 14.1 Å². The maximum absolute atomic E-state index is 16.8. The number of likely N-dealkylation sites (tertiary alicyclic amines) is 1. The van der Waals surface area contributed by atoms with Gasteiger partial charge in [-0.25, -0.2) is 14.2 Å². The van der Waals surface area contributed by atoms with Crippen LogP contribution in [0.2, 0.25) is 28.3 Å². The first-order valence-corrected chi connectivity index (χ1v) is 20.8. The molecule has 3 aromatic heterocycles. The van der Waals surface area contributed by atoms with Crippen molar-refractivity contribution in [1.29, 1.82) is 5.26 Å². The van der Waals surface area contributed by atoms with E-state index < -0.39 is 19.7 Å². The molecule has 0 saturated carbocycles. The monoisotopic (exact) mass is 748 g/mol. The van der Waals surface area contributed by atoms with Gasteiger partial charge in [0, 0.05) is 36.2 Å². The average molecular weight is 750 g/mol. The maximum atomic E-state index is 16.8. The molecule has 6 rings (SSSR count). The number of ether oxygens (including phenoxy) is 1. The van der Waals surface area contributed by atoms with Crippen LogP contribution >= 0.6 is 23.2 Å². The lowest BCUT2D eigenvalue weighted by atomic mass is 9.95. The van der Waals surface area contributed by atoms with E-state index in [4.69, 9.17) is 37.5 Å². The van der Waals surface area contributed by atoms with Crippen molar-refractivity contribution in [2.75, 3.05) is 13.2 Å². The number of carbonyl (C=O) groups excluding carboxylic acids is 1. The molecule has 0 radical (unpaired) electrons. The molecule has 1 aliphatic heterocycles. The number of hydrogen-bond donors (Lipinski definition) is 0. The van der Waals surface area contributed by atoms with Gasteiger partial charge in [-0.15, -0.1) is 0 Å². The lowest BCUT2D eigenvalue weighted by molar-refractivity contribution is 0.00199. The Balaban J connectivity index is 1.42. The summed E-state index contributed by atoms with van der Waals surface area (Å²) in [6, 6.07) is 10.6. The van der Waals surface area contributed by atoms with Crippen LogP contribution in [0.3, 0.4) is 0 Å². The summed E-state index contributed by atoms with van der Waals surface area (Å²) in [5, 5.41) is 17.1. The molecule has 13 heteroatoms. The second-order valence-corrected chi connectivity index (χ2v) is 21.4. The Bertz CT molecular complexity index is 2200. The van der Waals surface area contributed by atoms with E-state index in [1.807, 2.05) is 36.4 Å². The number of pyridine rings is 2. The van der Waals surface area contributed by atoms with Gasteiger partial charge in [-0.05, 0) is 81.8 Å². The highest BCUT2D eigenvalue weighted by atomic mass is 35.5. The minimum Gasteiger partial charge on any atom is -0.444 e. The lowest BCUT2D eigenvalue weighted by Gasteiger charge is -2.41. The van der Waals surface area contributed by atoms with E-state index >= 15 is 4.39 Å². The van der Waals surface area contributed by atoms with Gasteiger partial charge in [-0.1, -0.05) is 56.1 Å². The third-order valence-electron chi connectivity index (χ3n) is 10.2. The molecule has 51 heavy (non-hydrogen) atoms. The number of nitrogens with zero attached hydrogens (tertiary/aromatic N) is 6. The second-order valence-electron chi connectivity index (χ2n) is 15.8. The summed E-state index contributed by atoms with van der Waals surface area (Å²) in [4.78, 5) is 24.2. The second kappa shape index (κ2) is 13.6. The molecule has 1 amide bonds. The Kier molecular flexibility index (Phi) is 9.87. The van der Waals surface area contributed by atoms with Crippen LogP contribution in [-0.2, 0) is 9.16 Å². The topological polar surface area (TPSA) is 106 Å². The van der Waals surface area contributed by atoms with Crippen molar-refractivity contribution in [2.45, 2.75) is 96.6 Å². The zero-order valence-electron chi connectivity index (χ0n) is 30.3. The van der Waals surface area contributed by atoms with Crippen molar-refractivity contribution in [2.24, 2.45) is 0 Å². The summed E-state index contributed by atoms with van der Waals surface area (Å²) in [6.07, 6.45) is 4.63. The third-order valence-corrected chi connectivity index (χ3v) is 15.3. The fourth-order valence-corrected chi connectivity index (χ4v) is 8.16. The summed E-state index contributed by atoms with van der Waals surface area (Å²) in [5.74, 6) is -0.692. The van der Waals surface area contributed by atoms with Gasteiger partial charge >= 0.3 is 6.09 Å². The highest BCUT2D eigenvalue weighted by Gasteiger charge is 2.39. The Labute approximate surface area is 308 Å². The normalized spacial score (nSPS) is 17.3. The van der Waals surface area contributed by atoms with Crippen molar-refractivity contribution >= 4 is 70.2 Å². The molecule has 0 spiro atoms. The molecule has 5 aromatic rings. The summed E-state index contributed by atoms with van der Waals surface area (Å²) < 4.78 is 31.0. The van der Waals surface area contributed by atoms with E-state index in [1.54, 1.807) is 36.7 Å². The number of nitriles is 1. The predicted molar refractivity (Wildman–Crippen MR) is 203 cm³/mol. The van der Waals surface area contributed by atoms with Crippen LogP contribution in [0.1, 0.15) is 72.4 Å². The lowest BCUT2D eigenvalue weighted by Crippen LogP contribution is -2.49. The molecule has 0 unspecified atom stereocenters. The average Bonchev–Trinajstić information content (AvgIpc) is 3.50. The first-order valence-electron chi connectivity index (χ1n) is 17.2. The number of halogens is 3. The van der Waals surface area contributed by atoms with E-state index in [9.17, 15) is 10.1 Å². The Morgan fingerprint density at radius 2 is 1.88 bits per heavy atom. The first-order chi connectivity index (χ1) is 23.9. The van der Waals surface area contributed by atoms with Gasteiger partial charge in [0.25, 0.3) is 0 Å². The molecule has 4 heterocycles. The molecule has 0 N–H and O–H groups in total. The van der Waals surface area contributed by atoms with Crippen LogP contribution in [-0.4, -0.2) is 63.9 Å². The fraction of sp³-hybridized carbons (Fsp3) is 0.447. The Hall–Kier alpha value is -3.82. The van der Waals surface area contributed by atoms with E-state index in [-0.39, 0.29) is 50.2 Å². The van der Waals surface area contributed by atoms with Gasteiger partial charge in [0.05, 0.1) is 51.1 Å². The third kappa shape index (κ3) is 7.04. The number of carbonyl (C=O) groups is 1. The van der Waals surface area contributed by atoms with E-state index in [2.05, 4.69) is 49.9 Å². The molecule has 1 saturated heterocycles. The highest BCUT2D eigenvalue weighted by molar-refractivity contribution is 6.74. The van der Waals surface area contributed by atoms with Crippen molar-refractivity contribution in [3.8, 4) is 17.3 Å². The molecule has 268 valence electrons. The number of amides is 1. The van der Waals surface area contributed by atoms with Crippen LogP contribution < -0.4 is 0 Å². The molecular weight excluding hydrogens is 706 g/mol. The summed E-state index contributed by atoms with van der Waals surface area (Å²) in [7, 11) is -2.02. The van der Waals surface area contributed by atoms with Crippen molar-refractivity contribution < 1.29 is 18.3 Å². The molecule has 0 bridgehead atoms. The number of rotatable bonds is 6. The zero-order chi connectivity index (χ0) is 37.0. The quantitative estimate of drug-likeness (QED) is 0.126. The van der Waals surface area contributed by atoms with Gasteiger partial charge in [0.1, 0.15) is 16.3 Å². The van der Waals surface area contributed by atoms with Crippen molar-refractivity contribution in [1.82, 2.24) is 24.6 Å². The summed E-state index contributed by atoms with van der Waals surface area (Å²) >= 11 is 13.7. The summed E-state index contributed by atoms with van der Waals surface area (Å²) in [5.41, 5.74) is 0.626. The van der Waals surface area contributed by atoms with E-state index in [1.165, 1.54) is 0 Å². The molecule has 1 aliphatic rings. The van der Waals surface area contributed by atoms with Gasteiger partial charge in [-0.3, -0.25) is 9.67 Å². The van der Waals surface area contributed by atoms with Crippen molar-refractivity contribution in [3.05, 3.63) is 64.3 Å². The Morgan fingerprint density at radius 1 is 1.14 bits per heavy atom. The number of piperidine rings is 1. The van der Waals surface area contributed by atoms with Crippen LogP contribution in [0, 0.1) is 17.1 Å². The molecule has 0 aliphatic carbocycles. The van der Waals surface area contributed by atoms with E-state index in [0.29, 0.717) is 59.7 Å². The van der Waals surface area contributed by atoms with Crippen LogP contribution in [0.25, 0.3) is 43.8 Å². The minimum absolute atomic E-state index is 0.0207. The Morgan fingerprint density at radius 3 is 2.57 bits per heavy atom. The summed E-state index contributed by atoms with van der Waals surface area (Å²) in [6.45, 7) is 17.6. The first kappa shape index (κ1) is 37.0. The van der Waals surface area contributed by atoms with Crippen LogP contribution in [0.5, 0.6) is 0 Å². The molecule has 2 atom stereocenters. The number of benzene rings is 2. The van der Waals surface area contributed by atoms with Crippen LogP contribution in [0.4, 0.5) is 9.18 Å². The molecular formula is C38H43Cl2FN6O3Si. The minimum atomic E-state index is -2.02. The number of fused-ring (bicyclic) bond motifs is 4. The van der Waals surface area contributed by atoms with Gasteiger partial charge in [0.15, 0.2) is 14.1 Å². The SMILES string of the molecule is CC(C)(C)OC(=O)N1CC[C@H](n2ncc3c(Cl)nc4c(F)c(-c5nccc6cccc(C#N)c56)c(Cl)cc4c32)C[C@H]1CCO[Si](C)(C)C(C)(C)C. The van der Waals surface area contributed by atoms with Gasteiger partial charge in [-0.2, -0.15) is 10.4 Å². The standard InChI is InChI=1S/C38H43Cl2FN6O3Si/c1-37(2,3)50-36(48)46-16-13-25(18-24(46)14-17-49-51(7,8)38(4,5)6)47-34-26-19-28(39)30(31(41)32(26)45-35(40)27(34)21-44-47)33-29-22(12-15-43-33)10-9-11-23(29)20-42/h9-12,15,19,21,24-25H,13-14,16-18H2,1-8H3/t24-,25+/m1/s1.